The Morgan fingerprint density at radius 3 is 1.37 bits per heavy atom. The maximum Gasteiger partial charge on any atom is 0.0713 e. The van der Waals surface area contributed by atoms with Crippen LogP contribution < -0.4 is 0 Å². The van der Waals surface area contributed by atoms with Crippen LogP contribution in [0.5, 0.6) is 0 Å². The molecular formula is C34H29Br. The normalized spacial score (nSPS) is 12.8. The SMILES string of the molecule is CC.Cc1ccc(C2(c3ccc(-c4ccc(Br)cc4)cc3)c3ccccc3-c3ccccc32)cc1. The van der Waals surface area contributed by atoms with Crippen LogP contribution in [0.2, 0.25) is 0 Å². The zero-order chi connectivity index (χ0) is 24.4. The third-order valence-corrected chi connectivity index (χ3v) is 7.46. The summed E-state index contributed by atoms with van der Waals surface area (Å²) in [7, 11) is 0. The molecule has 0 fully saturated rings. The number of hydrogen-bond acceptors (Lipinski definition) is 0. The number of hydrogen-bond donors (Lipinski definition) is 0. The van der Waals surface area contributed by atoms with Crippen molar-refractivity contribution < 1.29 is 0 Å². The fourth-order valence-electron chi connectivity index (χ4n) is 5.38. The van der Waals surface area contributed by atoms with Crippen molar-refractivity contribution >= 4 is 15.9 Å². The van der Waals surface area contributed by atoms with Gasteiger partial charge in [-0.2, -0.15) is 0 Å². The minimum atomic E-state index is -0.334. The molecule has 0 N–H and O–H groups in total. The number of halogens is 1. The van der Waals surface area contributed by atoms with Gasteiger partial charge in [0.15, 0.2) is 0 Å². The maximum atomic E-state index is 3.54. The van der Waals surface area contributed by atoms with Crippen LogP contribution in [-0.2, 0) is 5.41 Å². The molecule has 0 saturated heterocycles. The molecule has 0 nitrogen and oxygen atoms in total. The van der Waals surface area contributed by atoms with Crippen molar-refractivity contribution in [3.8, 4) is 22.3 Å². The lowest BCUT2D eigenvalue weighted by molar-refractivity contribution is 0.768. The van der Waals surface area contributed by atoms with E-state index in [9.17, 15) is 0 Å². The van der Waals surface area contributed by atoms with Crippen molar-refractivity contribution in [2.75, 3.05) is 0 Å². The Morgan fingerprint density at radius 1 is 0.486 bits per heavy atom. The average molecular weight is 518 g/mol. The highest BCUT2D eigenvalue weighted by Gasteiger charge is 2.45. The molecule has 6 rings (SSSR count). The first-order valence-corrected chi connectivity index (χ1v) is 13.1. The van der Waals surface area contributed by atoms with E-state index in [0.29, 0.717) is 0 Å². The molecule has 1 aliphatic carbocycles. The fourth-order valence-corrected chi connectivity index (χ4v) is 5.65. The predicted octanol–water partition coefficient (Wildman–Crippen LogP) is 9.81. The van der Waals surface area contributed by atoms with Crippen molar-refractivity contribution in [2.24, 2.45) is 0 Å². The lowest BCUT2D eigenvalue weighted by atomic mass is 9.67. The van der Waals surface area contributed by atoms with E-state index in [1.54, 1.807) is 0 Å². The molecule has 172 valence electrons. The fraction of sp³-hybridized carbons (Fsp3) is 0.118. The monoisotopic (exact) mass is 516 g/mol. The van der Waals surface area contributed by atoms with E-state index in [2.05, 4.69) is 144 Å². The average Bonchev–Trinajstić information content (AvgIpc) is 3.22. The number of rotatable bonds is 3. The molecule has 0 aromatic heterocycles. The third kappa shape index (κ3) is 3.85. The van der Waals surface area contributed by atoms with E-state index in [0.717, 1.165) is 4.47 Å². The quantitative estimate of drug-likeness (QED) is 0.219. The molecule has 0 amide bonds. The van der Waals surface area contributed by atoms with Crippen LogP contribution in [0.15, 0.2) is 126 Å². The first-order valence-electron chi connectivity index (χ1n) is 12.3. The highest BCUT2D eigenvalue weighted by molar-refractivity contribution is 9.10. The Morgan fingerprint density at radius 2 is 0.886 bits per heavy atom. The Kier molecular flexibility index (Phi) is 6.45. The number of fused-ring (bicyclic) bond motifs is 3. The third-order valence-electron chi connectivity index (χ3n) is 6.93. The Labute approximate surface area is 217 Å². The van der Waals surface area contributed by atoms with Gasteiger partial charge in [-0.3, -0.25) is 0 Å². The standard InChI is InChI=1S/C32H23Br.C2H6/c1-22-10-16-25(17-11-22)32(26-18-12-23(13-19-26)24-14-20-27(33)21-15-24)30-8-4-2-6-28(30)29-7-3-5-9-31(29)32;1-2/h2-21H,1H3;1-2H3. The summed E-state index contributed by atoms with van der Waals surface area (Å²) in [6, 6.07) is 44.5. The molecular weight excluding hydrogens is 488 g/mol. The molecule has 5 aromatic carbocycles. The van der Waals surface area contributed by atoms with E-state index in [1.165, 1.54) is 50.1 Å². The van der Waals surface area contributed by atoms with Crippen LogP contribution in [0.4, 0.5) is 0 Å². The van der Waals surface area contributed by atoms with Crippen molar-refractivity contribution in [1.82, 2.24) is 0 Å². The van der Waals surface area contributed by atoms with Crippen LogP contribution in [0.1, 0.15) is 41.7 Å². The van der Waals surface area contributed by atoms with Gasteiger partial charge in [-0.1, -0.05) is 145 Å². The summed E-state index contributed by atoms with van der Waals surface area (Å²) in [5.41, 5.74) is 11.4. The van der Waals surface area contributed by atoms with Gasteiger partial charge in [-0.15, -0.1) is 0 Å². The highest BCUT2D eigenvalue weighted by atomic mass is 79.9. The van der Waals surface area contributed by atoms with E-state index in [-0.39, 0.29) is 5.41 Å². The first-order chi connectivity index (χ1) is 17.2. The van der Waals surface area contributed by atoms with Gasteiger partial charge in [0, 0.05) is 4.47 Å². The van der Waals surface area contributed by atoms with Gasteiger partial charge >= 0.3 is 0 Å². The van der Waals surface area contributed by atoms with Crippen LogP contribution in [0.3, 0.4) is 0 Å². The molecule has 0 aliphatic heterocycles. The summed E-state index contributed by atoms with van der Waals surface area (Å²) in [6.07, 6.45) is 0. The smallest absolute Gasteiger partial charge is 0.0683 e. The Hall–Kier alpha value is -3.42. The minimum Gasteiger partial charge on any atom is -0.0683 e. The van der Waals surface area contributed by atoms with Crippen molar-refractivity contribution in [3.05, 3.63) is 154 Å². The molecule has 0 saturated carbocycles. The molecule has 0 spiro atoms. The second kappa shape index (κ2) is 9.68. The van der Waals surface area contributed by atoms with E-state index >= 15 is 0 Å². The van der Waals surface area contributed by atoms with E-state index < -0.39 is 0 Å². The Balaban J connectivity index is 0.00000124. The second-order valence-corrected chi connectivity index (χ2v) is 9.71. The lowest BCUT2D eigenvalue weighted by Gasteiger charge is -2.34. The molecule has 0 unspecified atom stereocenters. The van der Waals surface area contributed by atoms with Gasteiger partial charge < -0.3 is 0 Å². The molecule has 0 radical (unpaired) electrons. The minimum absolute atomic E-state index is 0.334. The second-order valence-electron chi connectivity index (χ2n) is 8.79. The Bertz CT molecular complexity index is 1400. The summed E-state index contributed by atoms with van der Waals surface area (Å²) in [4.78, 5) is 0. The van der Waals surface area contributed by atoms with Crippen LogP contribution in [0, 0.1) is 6.92 Å². The summed E-state index contributed by atoms with van der Waals surface area (Å²) in [5.74, 6) is 0. The predicted molar refractivity (Wildman–Crippen MR) is 153 cm³/mol. The van der Waals surface area contributed by atoms with Gasteiger partial charge in [0.25, 0.3) is 0 Å². The summed E-state index contributed by atoms with van der Waals surface area (Å²) < 4.78 is 1.10. The molecule has 1 aliphatic rings. The van der Waals surface area contributed by atoms with Gasteiger partial charge in [-0.25, -0.2) is 0 Å². The molecule has 0 atom stereocenters. The lowest BCUT2D eigenvalue weighted by Crippen LogP contribution is -2.28. The van der Waals surface area contributed by atoms with Crippen molar-refractivity contribution in [1.29, 1.82) is 0 Å². The largest absolute Gasteiger partial charge is 0.0713 e. The summed E-state index contributed by atoms with van der Waals surface area (Å²) in [5, 5.41) is 0. The van der Waals surface area contributed by atoms with E-state index in [4.69, 9.17) is 0 Å². The van der Waals surface area contributed by atoms with Gasteiger partial charge in [0.05, 0.1) is 5.41 Å². The number of aryl methyl sites for hydroxylation is 1. The highest BCUT2D eigenvalue weighted by Crippen LogP contribution is 2.56. The molecule has 5 aromatic rings. The first kappa shape index (κ1) is 23.3. The van der Waals surface area contributed by atoms with Crippen LogP contribution in [0.25, 0.3) is 22.3 Å². The van der Waals surface area contributed by atoms with Crippen molar-refractivity contribution in [2.45, 2.75) is 26.2 Å². The molecule has 1 heteroatoms. The maximum absolute atomic E-state index is 3.54. The molecule has 35 heavy (non-hydrogen) atoms. The van der Waals surface area contributed by atoms with E-state index in [1.807, 2.05) is 13.8 Å². The zero-order valence-corrected chi connectivity index (χ0v) is 22.0. The summed E-state index contributed by atoms with van der Waals surface area (Å²) >= 11 is 3.54. The van der Waals surface area contributed by atoms with Gasteiger partial charge in [0.2, 0.25) is 0 Å². The van der Waals surface area contributed by atoms with Crippen LogP contribution >= 0.6 is 15.9 Å². The van der Waals surface area contributed by atoms with Gasteiger partial charge in [-0.05, 0) is 63.6 Å². The van der Waals surface area contributed by atoms with Crippen molar-refractivity contribution in [3.63, 3.8) is 0 Å². The number of benzene rings is 5. The molecule has 0 heterocycles. The van der Waals surface area contributed by atoms with Gasteiger partial charge in [0.1, 0.15) is 0 Å². The topological polar surface area (TPSA) is 0 Å². The molecule has 0 bridgehead atoms. The summed E-state index contributed by atoms with van der Waals surface area (Å²) in [6.45, 7) is 6.15. The van der Waals surface area contributed by atoms with Crippen LogP contribution in [-0.4, -0.2) is 0 Å². The zero-order valence-electron chi connectivity index (χ0n) is 20.4.